The Hall–Kier alpha value is -3.27. The molecule has 2 rings (SSSR count). The molecule has 0 saturated heterocycles. The van der Waals surface area contributed by atoms with Gasteiger partial charge in [-0.3, -0.25) is 13.9 Å². The first-order valence-electron chi connectivity index (χ1n) is 11.1. The number of rotatable bonds is 10. The van der Waals surface area contributed by atoms with E-state index < -0.39 is 34.1 Å². The molecule has 0 heterocycles. The minimum Gasteiger partial charge on any atom is -0.497 e. The molecule has 0 aliphatic rings. The van der Waals surface area contributed by atoms with E-state index in [1.165, 1.54) is 12.0 Å². The van der Waals surface area contributed by atoms with Crippen molar-refractivity contribution in [2.75, 3.05) is 31.3 Å². The van der Waals surface area contributed by atoms with E-state index in [9.17, 15) is 18.0 Å². The van der Waals surface area contributed by atoms with Gasteiger partial charge in [-0.05, 0) is 69.7 Å². The molecular weight excluding hydrogens is 470 g/mol. The Balaban J connectivity index is 2.41. The summed E-state index contributed by atoms with van der Waals surface area (Å²) in [4.78, 5) is 27.9. The summed E-state index contributed by atoms with van der Waals surface area (Å²) in [6.45, 7) is 6.79. The highest BCUT2D eigenvalue weighted by Gasteiger charge is 2.31. The van der Waals surface area contributed by atoms with E-state index in [1.54, 1.807) is 56.5 Å². The van der Waals surface area contributed by atoms with E-state index in [4.69, 9.17) is 9.47 Å². The third kappa shape index (κ3) is 8.17. The molecule has 0 saturated carbocycles. The number of anilines is 1. The molecule has 2 aromatic rings. The summed E-state index contributed by atoms with van der Waals surface area (Å²) in [7, 11) is -0.751. The van der Waals surface area contributed by atoms with Crippen molar-refractivity contribution in [3.63, 3.8) is 0 Å². The van der Waals surface area contributed by atoms with Crippen LogP contribution in [-0.2, 0) is 26.2 Å². The maximum Gasteiger partial charge on any atom is 0.244 e. The molecule has 35 heavy (non-hydrogen) atoms. The van der Waals surface area contributed by atoms with Gasteiger partial charge in [-0.15, -0.1) is 0 Å². The average molecular weight is 506 g/mol. The first-order valence-corrected chi connectivity index (χ1v) is 13.0. The monoisotopic (exact) mass is 505 g/mol. The Kier molecular flexibility index (Phi) is 9.14. The van der Waals surface area contributed by atoms with Gasteiger partial charge >= 0.3 is 0 Å². The predicted octanol–water partition coefficient (Wildman–Crippen LogP) is 2.80. The van der Waals surface area contributed by atoms with Gasteiger partial charge in [-0.1, -0.05) is 12.1 Å². The molecular formula is C25H35N3O6S. The Labute approximate surface area is 208 Å². The van der Waals surface area contributed by atoms with Crippen molar-refractivity contribution in [1.29, 1.82) is 0 Å². The topological polar surface area (TPSA) is 105 Å². The number of hydrogen-bond acceptors (Lipinski definition) is 6. The molecule has 1 unspecified atom stereocenters. The average Bonchev–Trinajstić information content (AvgIpc) is 2.78. The van der Waals surface area contributed by atoms with E-state index in [0.717, 1.165) is 16.1 Å². The largest absolute Gasteiger partial charge is 0.497 e. The molecule has 0 radical (unpaired) electrons. The second kappa shape index (κ2) is 11.4. The van der Waals surface area contributed by atoms with Crippen LogP contribution in [0.1, 0.15) is 33.3 Å². The number of methoxy groups -OCH3 is 2. The molecule has 0 aromatic heterocycles. The fraction of sp³-hybridized carbons (Fsp3) is 0.440. The minimum atomic E-state index is -3.80. The van der Waals surface area contributed by atoms with Gasteiger partial charge in [-0.25, -0.2) is 8.42 Å². The first kappa shape index (κ1) is 28.0. The summed E-state index contributed by atoms with van der Waals surface area (Å²) in [5.74, 6) is 0.299. The summed E-state index contributed by atoms with van der Waals surface area (Å²) in [5, 5.41) is 2.89. The lowest BCUT2D eigenvalue weighted by atomic mass is 10.1. The molecule has 192 valence electrons. The molecule has 1 atom stereocenters. The molecule has 0 aliphatic heterocycles. The van der Waals surface area contributed by atoms with Crippen molar-refractivity contribution in [3.05, 3.63) is 54.1 Å². The van der Waals surface area contributed by atoms with Crippen LogP contribution in [-0.4, -0.2) is 63.7 Å². The molecule has 9 nitrogen and oxygen atoms in total. The van der Waals surface area contributed by atoms with Crippen molar-refractivity contribution < 1.29 is 27.5 Å². The predicted molar refractivity (Wildman–Crippen MR) is 136 cm³/mol. The number of benzene rings is 2. The number of hydrogen-bond donors (Lipinski definition) is 1. The third-order valence-electron chi connectivity index (χ3n) is 5.19. The molecule has 0 fully saturated rings. The first-order chi connectivity index (χ1) is 16.2. The molecule has 1 N–H and O–H groups in total. The Bertz CT molecular complexity index is 1130. The van der Waals surface area contributed by atoms with Crippen LogP contribution in [0.15, 0.2) is 48.5 Å². The van der Waals surface area contributed by atoms with Gasteiger partial charge in [0.1, 0.15) is 24.1 Å². The van der Waals surface area contributed by atoms with Gasteiger partial charge in [-0.2, -0.15) is 0 Å². The van der Waals surface area contributed by atoms with E-state index in [0.29, 0.717) is 17.2 Å². The van der Waals surface area contributed by atoms with E-state index in [2.05, 4.69) is 5.32 Å². The number of carbonyl (C=O) groups is 2. The summed E-state index contributed by atoms with van der Waals surface area (Å²) >= 11 is 0. The maximum atomic E-state index is 13.6. The lowest BCUT2D eigenvalue weighted by Gasteiger charge is -2.33. The number of nitrogens with zero attached hydrogens (tertiary/aromatic N) is 2. The quantitative estimate of drug-likeness (QED) is 0.532. The fourth-order valence-electron chi connectivity index (χ4n) is 3.39. The van der Waals surface area contributed by atoms with Crippen LogP contribution in [0.25, 0.3) is 0 Å². The van der Waals surface area contributed by atoms with Gasteiger partial charge in [0.25, 0.3) is 0 Å². The summed E-state index contributed by atoms with van der Waals surface area (Å²) in [5.41, 5.74) is 0.552. The number of amides is 2. The number of nitrogens with one attached hydrogen (secondary N) is 1. The van der Waals surface area contributed by atoms with Gasteiger partial charge in [0.2, 0.25) is 21.8 Å². The maximum absolute atomic E-state index is 13.6. The zero-order chi connectivity index (χ0) is 26.4. The molecule has 2 aromatic carbocycles. The smallest absolute Gasteiger partial charge is 0.244 e. The van der Waals surface area contributed by atoms with Crippen molar-refractivity contribution in [2.24, 2.45) is 0 Å². The van der Waals surface area contributed by atoms with Crippen LogP contribution < -0.4 is 19.1 Å². The molecule has 2 amide bonds. The van der Waals surface area contributed by atoms with Crippen molar-refractivity contribution >= 4 is 27.5 Å². The second-order valence-electron chi connectivity index (χ2n) is 9.26. The number of sulfonamides is 1. The highest BCUT2D eigenvalue weighted by atomic mass is 32.2. The van der Waals surface area contributed by atoms with E-state index >= 15 is 0 Å². The van der Waals surface area contributed by atoms with Crippen LogP contribution in [0.4, 0.5) is 5.69 Å². The van der Waals surface area contributed by atoms with Gasteiger partial charge in [0, 0.05) is 12.1 Å². The highest BCUT2D eigenvalue weighted by molar-refractivity contribution is 7.92. The van der Waals surface area contributed by atoms with Crippen LogP contribution in [0.3, 0.4) is 0 Å². The van der Waals surface area contributed by atoms with E-state index in [1.807, 2.05) is 26.8 Å². The summed E-state index contributed by atoms with van der Waals surface area (Å²) in [6.07, 6.45) is 1.03. The third-order valence-corrected chi connectivity index (χ3v) is 6.33. The second-order valence-corrected chi connectivity index (χ2v) is 11.2. The molecule has 0 bridgehead atoms. The number of ether oxygens (including phenoxy) is 2. The SMILES string of the molecule is COc1ccc(N(CC(=O)N(Cc2cccc(OC)c2)C(C)C(=O)NC(C)(C)C)S(C)(=O)=O)cc1. The van der Waals surface area contributed by atoms with Crippen molar-refractivity contribution in [3.8, 4) is 11.5 Å². The standard InChI is InChI=1S/C25H35N3O6S/c1-18(24(30)26-25(2,3)4)27(16-19-9-8-10-22(15-19)34-6)23(29)17-28(35(7,31)32)20-11-13-21(33-5)14-12-20/h8-15,18H,16-17H2,1-7H3,(H,26,30). The van der Waals surface area contributed by atoms with Crippen molar-refractivity contribution in [1.82, 2.24) is 10.2 Å². The zero-order valence-corrected chi connectivity index (χ0v) is 22.2. The molecule has 0 spiro atoms. The zero-order valence-electron chi connectivity index (χ0n) is 21.4. The summed E-state index contributed by atoms with van der Waals surface area (Å²) in [6, 6.07) is 12.7. The minimum absolute atomic E-state index is 0.0922. The Morgan fingerprint density at radius 1 is 1.00 bits per heavy atom. The Morgan fingerprint density at radius 2 is 1.60 bits per heavy atom. The fourth-order valence-corrected chi connectivity index (χ4v) is 4.24. The molecule has 0 aliphatic carbocycles. The van der Waals surface area contributed by atoms with Crippen molar-refractivity contribution in [2.45, 2.75) is 45.8 Å². The lowest BCUT2D eigenvalue weighted by Crippen LogP contribution is -2.54. The van der Waals surface area contributed by atoms with Crippen LogP contribution >= 0.6 is 0 Å². The van der Waals surface area contributed by atoms with Gasteiger partial charge in [0.15, 0.2) is 0 Å². The van der Waals surface area contributed by atoms with Crippen LogP contribution in [0, 0.1) is 0 Å². The highest BCUT2D eigenvalue weighted by Crippen LogP contribution is 2.23. The summed E-state index contributed by atoms with van der Waals surface area (Å²) < 4.78 is 36.6. The number of carbonyl (C=O) groups excluding carboxylic acids is 2. The normalized spacial score (nSPS) is 12.4. The van der Waals surface area contributed by atoms with Crippen LogP contribution in [0.2, 0.25) is 0 Å². The van der Waals surface area contributed by atoms with Gasteiger partial charge < -0.3 is 19.7 Å². The Morgan fingerprint density at radius 3 is 2.11 bits per heavy atom. The van der Waals surface area contributed by atoms with Gasteiger partial charge in [0.05, 0.1) is 26.2 Å². The molecule has 10 heteroatoms. The lowest BCUT2D eigenvalue weighted by molar-refractivity contribution is -0.140. The van der Waals surface area contributed by atoms with E-state index in [-0.39, 0.29) is 12.5 Å². The van der Waals surface area contributed by atoms with Crippen LogP contribution in [0.5, 0.6) is 11.5 Å².